The van der Waals surface area contributed by atoms with Gasteiger partial charge >= 0.3 is 0 Å². The fourth-order valence-electron chi connectivity index (χ4n) is 4.61. The molecule has 0 unspecified atom stereocenters. The Labute approximate surface area is 132 Å². The van der Waals surface area contributed by atoms with Crippen LogP contribution in [0.2, 0.25) is 0 Å². The van der Waals surface area contributed by atoms with Gasteiger partial charge < -0.3 is 19.3 Å². The Morgan fingerprint density at radius 1 is 1.09 bits per heavy atom. The first-order valence-corrected chi connectivity index (χ1v) is 8.99. The van der Waals surface area contributed by atoms with Crippen molar-refractivity contribution in [3.8, 4) is 0 Å². The molecule has 4 aliphatic rings. The number of amides is 1. The number of hydrogen-bond donors (Lipinski definition) is 0. The number of nitrogens with zero attached hydrogens (tertiary/aromatic N) is 2. The van der Waals surface area contributed by atoms with Crippen LogP contribution >= 0.6 is 0 Å². The number of fused-ring (bicyclic) bond motifs is 1. The highest BCUT2D eigenvalue weighted by molar-refractivity contribution is 5.84. The van der Waals surface area contributed by atoms with Gasteiger partial charge in [-0.05, 0) is 31.6 Å². The summed E-state index contributed by atoms with van der Waals surface area (Å²) in [7, 11) is 0. The van der Waals surface area contributed by atoms with E-state index in [-0.39, 0.29) is 11.5 Å². The Hall–Kier alpha value is -0.650. The number of carbonyl (C=O) groups is 1. The number of morpholine rings is 1. The lowest BCUT2D eigenvalue weighted by molar-refractivity contribution is -0.155. The first-order chi connectivity index (χ1) is 10.8. The molecule has 0 aromatic heterocycles. The van der Waals surface area contributed by atoms with E-state index in [4.69, 9.17) is 9.47 Å². The first-order valence-electron chi connectivity index (χ1n) is 8.99. The van der Waals surface area contributed by atoms with Gasteiger partial charge in [-0.25, -0.2) is 0 Å². The van der Waals surface area contributed by atoms with Crippen molar-refractivity contribution in [2.45, 2.75) is 38.2 Å². The first kappa shape index (κ1) is 14.9. The summed E-state index contributed by atoms with van der Waals surface area (Å²) in [6.45, 7) is 6.79. The molecule has 3 aliphatic heterocycles. The lowest BCUT2D eigenvalue weighted by Gasteiger charge is -2.46. The average Bonchev–Trinajstić information content (AvgIpc) is 2.95. The summed E-state index contributed by atoms with van der Waals surface area (Å²) in [5.74, 6) is 1.20. The van der Waals surface area contributed by atoms with Gasteiger partial charge in [0.25, 0.3) is 0 Å². The zero-order valence-corrected chi connectivity index (χ0v) is 13.5. The third-order valence-electron chi connectivity index (χ3n) is 6.16. The van der Waals surface area contributed by atoms with Crippen LogP contribution in [-0.4, -0.2) is 74.4 Å². The van der Waals surface area contributed by atoms with Crippen LogP contribution in [-0.2, 0) is 14.3 Å². The highest BCUT2D eigenvalue weighted by atomic mass is 16.5. The lowest BCUT2D eigenvalue weighted by Crippen LogP contribution is -2.59. The fourth-order valence-corrected chi connectivity index (χ4v) is 4.61. The van der Waals surface area contributed by atoms with E-state index in [1.807, 2.05) is 4.90 Å². The maximum absolute atomic E-state index is 13.2. The van der Waals surface area contributed by atoms with E-state index in [2.05, 4.69) is 4.90 Å². The van der Waals surface area contributed by atoms with Crippen LogP contribution in [0.25, 0.3) is 0 Å². The normalized spacial score (nSPS) is 36.9. The molecule has 0 spiro atoms. The van der Waals surface area contributed by atoms with Crippen molar-refractivity contribution in [1.82, 2.24) is 9.80 Å². The lowest BCUT2D eigenvalue weighted by atomic mass is 9.74. The van der Waals surface area contributed by atoms with Gasteiger partial charge in [0.1, 0.15) is 0 Å². The summed E-state index contributed by atoms with van der Waals surface area (Å²) in [5, 5.41) is 0. The monoisotopic (exact) mass is 308 g/mol. The summed E-state index contributed by atoms with van der Waals surface area (Å²) in [6, 6.07) is 0. The van der Waals surface area contributed by atoms with Gasteiger partial charge in [-0.1, -0.05) is 6.42 Å². The van der Waals surface area contributed by atoms with Gasteiger partial charge in [0.05, 0.1) is 24.7 Å². The second kappa shape index (κ2) is 6.10. The maximum Gasteiger partial charge on any atom is 0.232 e. The van der Waals surface area contributed by atoms with E-state index >= 15 is 0 Å². The third kappa shape index (κ3) is 2.57. The fraction of sp³-hybridized carbons (Fsp3) is 0.941. The molecule has 4 fully saturated rings. The van der Waals surface area contributed by atoms with E-state index in [1.54, 1.807) is 0 Å². The van der Waals surface area contributed by atoms with Crippen molar-refractivity contribution < 1.29 is 14.3 Å². The minimum Gasteiger partial charge on any atom is -0.378 e. The smallest absolute Gasteiger partial charge is 0.232 e. The predicted octanol–water partition coefficient (Wildman–Crippen LogP) is 1.13. The zero-order valence-electron chi connectivity index (χ0n) is 13.5. The van der Waals surface area contributed by atoms with Gasteiger partial charge in [0.2, 0.25) is 5.91 Å². The molecule has 0 aromatic rings. The van der Waals surface area contributed by atoms with Gasteiger partial charge in [0, 0.05) is 39.3 Å². The summed E-state index contributed by atoms with van der Waals surface area (Å²) >= 11 is 0. The van der Waals surface area contributed by atoms with Crippen molar-refractivity contribution >= 4 is 5.91 Å². The van der Waals surface area contributed by atoms with E-state index in [1.165, 1.54) is 25.8 Å². The largest absolute Gasteiger partial charge is 0.378 e. The molecule has 3 heterocycles. The zero-order chi connectivity index (χ0) is 15.0. The molecule has 1 saturated carbocycles. The molecule has 0 N–H and O–H groups in total. The number of piperidine rings is 1. The van der Waals surface area contributed by atoms with E-state index in [0.717, 1.165) is 51.5 Å². The van der Waals surface area contributed by atoms with E-state index in [9.17, 15) is 4.79 Å². The average molecular weight is 308 g/mol. The number of hydrogen-bond acceptors (Lipinski definition) is 4. The van der Waals surface area contributed by atoms with Gasteiger partial charge in [-0.3, -0.25) is 4.79 Å². The van der Waals surface area contributed by atoms with Crippen LogP contribution in [0.4, 0.5) is 0 Å². The summed E-state index contributed by atoms with van der Waals surface area (Å²) in [6.07, 6.45) is 6.20. The van der Waals surface area contributed by atoms with E-state index < -0.39 is 0 Å². The minimum atomic E-state index is -0.278. The molecule has 1 amide bonds. The van der Waals surface area contributed by atoms with Crippen molar-refractivity contribution in [3.63, 3.8) is 0 Å². The molecule has 0 radical (unpaired) electrons. The molecular weight excluding hydrogens is 280 g/mol. The van der Waals surface area contributed by atoms with Crippen LogP contribution in [0.3, 0.4) is 0 Å². The third-order valence-corrected chi connectivity index (χ3v) is 6.16. The molecule has 0 bridgehead atoms. The molecule has 4 rings (SSSR count). The van der Waals surface area contributed by atoms with Crippen molar-refractivity contribution in [1.29, 1.82) is 0 Å². The molecule has 1 aliphatic carbocycles. The Kier molecular flexibility index (Phi) is 4.13. The topological polar surface area (TPSA) is 42.0 Å². The summed E-state index contributed by atoms with van der Waals surface area (Å²) in [5.41, 5.74) is -0.278. The second-order valence-electron chi connectivity index (χ2n) is 7.49. The number of likely N-dealkylation sites (tertiary alicyclic amines) is 1. The van der Waals surface area contributed by atoms with Gasteiger partial charge in [0.15, 0.2) is 0 Å². The van der Waals surface area contributed by atoms with Crippen LogP contribution in [0.5, 0.6) is 0 Å². The van der Waals surface area contributed by atoms with Crippen molar-refractivity contribution in [2.24, 2.45) is 11.3 Å². The van der Waals surface area contributed by atoms with Gasteiger partial charge in [-0.2, -0.15) is 0 Å². The maximum atomic E-state index is 13.2. The second-order valence-corrected chi connectivity index (χ2v) is 7.49. The van der Waals surface area contributed by atoms with Gasteiger partial charge in [-0.15, -0.1) is 0 Å². The Morgan fingerprint density at radius 3 is 2.64 bits per heavy atom. The molecule has 0 aromatic carbocycles. The molecular formula is C17H28N2O3. The van der Waals surface area contributed by atoms with Crippen LogP contribution in [0.1, 0.15) is 32.1 Å². The molecule has 5 nitrogen and oxygen atoms in total. The van der Waals surface area contributed by atoms with Crippen LogP contribution in [0.15, 0.2) is 0 Å². The molecule has 5 heteroatoms. The summed E-state index contributed by atoms with van der Waals surface area (Å²) < 4.78 is 11.4. The highest BCUT2D eigenvalue weighted by Gasteiger charge is 2.54. The van der Waals surface area contributed by atoms with Crippen LogP contribution in [0, 0.1) is 11.3 Å². The quantitative estimate of drug-likeness (QED) is 0.784. The molecule has 2 atom stereocenters. The summed E-state index contributed by atoms with van der Waals surface area (Å²) in [4.78, 5) is 17.8. The standard InChI is InChI=1S/C17H28N2O3/c20-16(19-7-10-21-11-8-19)17-5-9-22-15(17)4-6-18(13-17)12-14-2-1-3-14/h14-15H,1-13H2/t15-,17-/m0/s1. The SMILES string of the molecule is O=C(N1CCOCC1)[C@]12CCO[C@H]1CCN(CC1CCC1)C2. The van der Waals surface area contributed by atoms with E-state index in [0.29, 0.717) is 19.1 Å². The van der Waals surface area contributed by atoms with Crippen molar-refractivity contribution in [3.05, 3.63) is 0 Å². The Morgan fingerprint density at radius 2 is 1.91 bits per heavy atom. The molecule has 124 valence electrons. The number of rotatable bonds is 3. The Balaban J connectivity index is 1.48. The number of carbonyl (C=O) groups excluding carboxylic acids is 1. The Bertz CT molecular complexity index is 420. The highest BCUT2D eigenvalue weighted by Crippen LogP contribution is 2.43. The molecule has 3 saturated heterocycles. The van der Waals surface area contributed by atoms with Crippen molar-refractivity contribution in [2.75, 3.05) is 52.5 Å². The number of ether oxygens (including phenoxy) is 2. The molecule has 22 heavy (non-hydrogen) atoms. The van der Waals surface area contributed by atoms with Crippen LogP contribution < -0.4 is 0 Å². The predicted molar refractivity (Wildman–Crippen MR) is 82.6 cm³/mol. The minimum absolute atomic E-state index is 0.139.